The predicted molar refractivity (Wildman–Crippen MR) is 151 cm³/mol. The summed E-state index contributed by atoms with van der Waals surface area (Å²) in [6.45, 7) is 13.0. The van der Waals surface area contributed by atoms with Gasteiger partial charge in [0.15, 0.2) is 0 Å². The van der Waals surface area contributed by atoms with Crippen LogP contribution in [0, 0.1) is 10.1 Å². The van der Waals surface area contributed by atoms with Crippen LogP contribution in [0.4, 0.5) is 5.69 Å². The Morgan fingerprint density at radius 1 is 0.850 bits per heavy atom. The number of benzene rings is 2. The maximum absolute atomic E-state index is 12.3. The lowest BCUT2D eigenvalue weighted by Gasteiger charge is -2.09. The number of esters is 1. The summed E-state index contributed by atoms with van der Waals surface area (Å²) in [6.07, 6.45) is 1.31. The zero-order chi connectivity index (χ0) is 30.2. The van der Waals surface area contributed by atoms with Crippen LogP contribution in [-0.4, -0.2) is 31.0 Å². The molecule has 0 aromatic heterocycles. The van der Waals surface area contributed by atoms with Gasteiger partial charge in [0.05, 0.1) is 19.1 Å². The van der Waals surface area contributed by atoms with Crippen LogP contribution in [0.25, 0.3) is 6.08 Å². The highest BCUT2D eigenvalue weighted by Gasteiger charge is 2.16. The number of non-ortho nitro benzene ring substituents is 1. The smallest absolute Gasteiger partial charge is 0.354 e. The molecule has 0 heterocycles. The molecular weight excluding hydrogens is 508 g/mol. The van der Waals surface area contributed by atoms with Crippen molar-refractivity contribution in [2.24, 2.45) is 0 Å². The van der Waals surface area contributed by atoms with Crippen molar-refractivity contribution in [2.75, 3.05) is 14.2 Å². The van der Waals surface area contributed by atoms with Crippen molar-refractivity contribution in [3.63, 3.8) is 0 Å². The highest BCUT2D eigenvalue weighted by Crippen LogP contribution is 2.16. The van der Waals surface area contributed by atoms with Gasteiger partial charge in [-0.3, -0.25) is 14.9 Å². The van der Waals surface area contributed by atoms with Crippen LogP contribution in [-0.2, 0) is 9.53 Å². The van der Waals surface area contributed by atoms with Crippen molar-refractivity contribution < 1.29 is 24.0 Å². The topological polar surface area (TPSA) is 108 Å². The Bertz CT molecular complexity index is 1520. The number of ether oxygens (including phenoxy) is 2. The molecule has 0 aliphatic carbocycles. The summed E-state index contributed by atoms with van der Waals surface area (Å²) in [6, 6.07) is 11.9. The molecule has 1 N–H and O–H groups in total. The number of carbonyl (C=O) groups excluding carboxylic acids is 2. The number of nitro benzene ring substituents is 1. The Balaban J connectivity index is 0.000000894. The summed E-state index contributed by atoms with van der Waals surface area (Å²) in [5, 5.41) is 13.3. The van der Waals surface area contributed by atoms with Gasteiger partial charge in [0, 0.05) is 17.7 Å². The third kappa shape index (κ3) is 14.2. The predicted octanol–water partition coefficient (Wildman–Crippen LogP) is 5.70. The second kappa shape index (κ2) is 20.8. The van der Waals surface area contributed by atoms with E-state index in [1.165, 1.54) is 50.6 Å². The van der Waals surface area contributed by atoms with Crippen molar-refractivity contribution >= 4 is 23.6 Å². The largest absolute Gasteiger partial charge is 0.497 e. The minimum Gasteiger partial charge on any atom is -0.497 e. The van der Waals surface area contributed by atoms with E-state index in [9.17, 15) is 19.7 Å². The van der Waals surface area contributed by atoms with Crippen molar-refractivity contribution in [3.05, 3.63) is 159 Å². The van der Waals surface area contributed by atoms with E-state index in [1.807, 2.05) is 0 Å². The summed E-state index contributed by atoms with van der Waals surface area (Å²) >= 11 is 0. The monoisotopic (exact) mass is 532 g/mol. The van der Waals surface area contributed by atoms with Crippen molar-refractivity contribution in [3.8, 4) is 5.75 Å². The normalized spacial score (nSPS) is 8.20. The molecule has 0 unspecified atom stereocenters. The molecule has 0 radical (unpaired) electrons. The SMILES string of the molecule is C=C=C=C=C=C=C.C=C=C=C=C=C=C.COC(=O)/C(=C/c1cccc([N+](=O)[O-])c1)NC(=O)c1ccc(OC)cc1. The molecule has 0 spiro atoms. The zero-order valence-electron chi connectivity index (χ0n) is 21.9. The van der Waals surface area contributed by atoms with E-state index in [0.29, 0.717) is 16.9 Å². The molecule has 40 heavy (non-hydrogen) atoms. The van der Waals surface area contributed by atoms with Gasteiger partial charge >= 0.3 is 5.97 Å². The van der Waals surface area contributed by atoms with Gasteiger partial charge in [-0.15, -0.1) is 0 Å². The van der Waals surface area contributed by atoms with Gasteiger partial charge in [-0.25, -0.2) is 4.79 Å². The van der Waals surface area contributed by atoms with E-state index in [2.05, 4.69) is 93.7 Å². The fourth-order valence-electron chi connectivity index (χ4n) is 2.33. The van der Waals surface area contributed by atoms with Crippen molar-refractivity contribution in [2.45, 2.75) is 0 Å². The van der Waals surface area contributed by atoms with E-state index in [4.69, 9.17) is 4.74 Å². The molecule has 0 fully saturated rings. The summed E-state index contributed by atoms with van der Waals surface area (Å²) in [4.78, 5) is 34.6. The molecule has 0 bridgehead atoms. The molecule has 8 heteroatoms. The minimum atomic E-state index is -0.779. The summed E-state index contributed by atoms with van der Waals surface area (Å²) in [5.74, 6) is -0.727. The van der Waals surface area contributed by atoms with Gasteiger partial charge in [0.25, 0.3) is 11.6 Å². The Hall–Kier alpha value is -6.40. The standard InChI is InChI=1S/C18H16N2O6.2C7H4/c1-25-15-8-6-13(7-9-15)17(21)19-16(18(22)26-2)11-12-4-3-5-14(10-12)20(23)24;2*1-3-5-7-6-4-2/h3-11H,1-2H3,(H,19,21);2*1-2H2/b16-11-;;. The molecule has 0 aliphatic rings. The first-order chi connectivity index (χ1) is 19.3. The Morgan fingerprint density at radius 2 is 1.38 bits per heavy atom. The van der Waals surface area contributed by atoms with Crippen LogP contribution < -0.4 is 10.1 Å². The molecule has 2 aromatic carbocycles. The molecule has 2 aromatic rings. The molecule has 8 nitrogen and oxygen atoms in total. The van der Waals surface area contributed by atoms with Gasteiger partial charge in [-0.2, -0.15) is 0 Å². The Labute approximate surface area is 232 Å². The molecule has 0 aliphatic heterocycles. The molecule has 1 amide bonds. The first-order valence-corrected chi connectivity index (χ1v) is 10.9. The average molecular weight is 533 g/mol. The van der Waals surface area contributed by atoms with Crippen molar-refractivity contribution in [1.82, 2.24) is 5.32 Å². The van der Waals surface area contributed by atoms with Gasteiger partial charge in [0.2, 0.25) is 0 Å². The lowest BCUT2D eigenvalue weighted by atomic mass is 10.1. The number of amides is 1. The fraction of sp³-hybridized carbons (Fsp3) is 0.0625. The second-order valence-electron chi connectivity index (χ2n) is 6.54. The molecule has 198 valence electrons. The third-order valence-corrected chi connectivity index (χ3v) is 4.00. The lowest BCUT2D eigenvalue weighted by molar-refractivity contribution is -0.384. The first-order valence-electron chi connectivity index (χ1n) is 10.9. The third-order valence-electron chi connectivity index (χ3n) is 4.00. The summed E-state index contributed by atoms with van der Waals surface area (Å²) in [7, 11) is 2.68. The number of carbonyl (C=O) groups is 2. The van der Waals surface area contributed by atoms with E-state index < -0.39 is 16.8 Å². The first kappa shape index (κ1) is 33.6. The van der Waals surface area contributed by atoms with Gasteiger partial charge in [-0.1, -0.05) is 35.1 Å². The molecule has 0 saturated carbocycles. The number of rotatable bonds is 6. The number of nitrogens with zero attached hydrogens (tertiary/aromatic N) is 1. The van der Waals surface area contributed by atoms with Crippen LogP contribution >= 0.6 is 0 Å². The van der Waals surface area contributed by atoms with E-state index >= 15 is 0 Å². The molecule has 2 rings (SSSR count). The zero-order valence-corrected chi connectivity index (χ0v) is 21.9. The highest BCUT2D eigenvalue weighted by atomic mass is 16.6. The minimum absolute atomic E-state index is 0.135. The molecule has 0 saturated heterocycles. The maximum atomic E-state index is 12.3. The summed E-state index contributed by atoms with van der Waals surface area (Å²) < 4.78 is 9.68. The second-order valence-corrected chi connectivity index (χ2v) is 6.54. The van der Waals surface area contributed by atoms with E-state index in [0.717, 1.165) is 0 Å². The summed E-state index contributed by atoms with van der Waals surface area (Å²) in [5.41, 5.74) is 24.4. The van der Waals surface area contributed by atoms with Crippen LogP contribution in [0.15, 0.2) is 138 Å². The van der Waals surface area contributed by atoms with Crippen LogP contribution in [0.2, 0.25) is 0 Å². The molecule has 0 atom stereocenters. The maximum Gasteiger partial charge on any atom is 0.354 e. The van der Waals surface area contributed by atoms with Gasteiger partial charge < -0.3 is 14.8 Å². The quantitative estimate of drug-likeness (QED) is 0.168. The Kier molecular flexibility index (Phi) is 17.4. The number of hydrogen-bond acceptors (Lipinski definition) is 6. The number of methoxy groups -OCH3 is 2. The average Bonchev–Trinajstić information content (AvgIpc) is 2.97. The Morgan fingerprint density at radius 3 is 1.80 bits per heavy atom. The van der Waals surface area contributed by atoms with Crippen LogP contribution in [0.3, 0.4) is 0 Å². The van der Waals surface area contributed by atoms with Crippen molar-refractivity contribution in [1.29, 1.82) is 0 Å². The lowest BCUT2D eigenvalue weighted by Crippen LogP contribution is -2.28. The number of hydrogen-bond donors (Lipinski definition) is 1. The number of nitrogens with one attached hydrogen (secondary N) is 1. The number of nitro groups is 1. The van der Waals surface area contributed by atoms with E-state index in [1.54, 1.807) is 18.2 Å². The molecular formula is C32H24N2O6. The van der Waals surface area contributed by atoms with Gasteiger partial charge in [-0.05, 0) is 96.6 Å². The van der Waals surface area contributed by atoms with E-state index in [-0.39, 0.29) is 11.4 Å². The fourth-order valence-corrected chi connectivity index (χ4v) is 2.33. The van der Waals surface area contributed by atoms with Gasteiger partial charge in [0.1, 0.15) is 11.4 Å². The van der Waals surface area contributed by atoms with Crippen LogP contribution in [0.1, 0.15) is 15.9 Å². The van der Waals surface area contributed by atoms with Crippen LogP contribution in [0.5, 0.6) is 5.75 Å². The highest BCUT2D eigenvalue weighted by molar-refractivity contribution is 6.03.